The lowest BCUT2D eigenvalue weighted by molar-refractivity contribution is -0.151. The lowest BCUT2D eigenvalue weighted by Gasteiger charge is -2.41. The van der Waals surface area contributed by atoms with Crippen LogP contribution < -0.4 is 10.1 Å². The first-order valence-electron chi connectivity index (χ1n) is 7.14. The minimum absolute atomic E-state index is 0.0251. The van der Waals surface area contributed by atoms with Crippen molar-refractivity contribution >= 4 is 11.8 Å². The first kappa shape index (κ1) is 15.3. The van der Waals surface area contributed by atoms with Gasteiger partial charge in [0.15, 0.2) is 0 Å². The SMILES string of the molecule is CCC1(CC)NC(=O)CN(Cc2ccnc(OC)c2)C1=O. The quantitative estimate of drug-likeness (QED) is 0.882. The number of hydrogen-bond donors (Lipinski definition) is 1. The summed E-state index contributed by atoms with van der Waals surface area (Å²) in [6, 6.07) is 3.60. The minimum Gasteiger partial charge on any atom is -0.481 e. The Hall–Kier alpha value is -2.11. The zero-order valence-electron chi connectivity index (χ0n) is 12.7. The molecule has 0 saturated carbocycles. The second-order valence-electron chi connectivity index (χ2n) is 5.21. The molecule has 21 heavy (non-hydrogen) atoms. The molecule has 2 rings (SSSR count). The van der Waals surface area contributed by atoms with Crippen molar-refractivity contribution in [1.82, 2.24) is 15.2 Å². The Morgan fingerprint density at radius 2 is 2.10 bits per heavy atom. The third-order valence-corrected chi connectivity index (χ3v) is 4.00. The molecule has 0 spiro atoms. The van der Waals surface area contributed by atoms with Gasteiger partial charge in [-0.2, -0.15) is 0 Å². The molecule has 1 aliphatic rings. The number of ether oxygens (including phenoxy) is 1. The van der Waals surface area contributed by atoms with Crippen LogP contribution >= 0.6 is 0 Å². The van der Waals surface area contributed by atoms with Crippen molar-refractivity contribution in [3.05, 3.63) is 23.9 Å². The normalized spacial score (nSPS) is 17.6. The Morgan fingerprint density at radius 3 is 2.71 bits per heavy atom. The van der Waals surface area contributed by atoms with Gasteiger partial charge in [-0.05, 0) is 24.5 Å². The topological polar surface area (TPSA) is 71.5 Å². The summed E-state index contributed by atoms with van der Waals surface area (Å²) in [7, 11) is 1.55. The average Bonchev–Trinajstić information content (AvgIpc) is 2.51. The van der Waals surface area contributed by atoms with Gasteiger partial charge in [-0.3, -0.25) is 9.59 Å². The second-order valence-corrected chi connectivity index (χ2v) is 5.21. The van der Waals surface area contributed by atoms with Crippen molar-refractivity contribution in [2.75, 3.05) is 13.7 Å². The summed E-state index contributed by atoms with van der Waals surface area (Å²) in [4.78, 5) is 30.2. The number of carbonyl (C=O) groups is 2. The largest absolute Gasteiger partial charge is 0.481 e. The summed E-state index contributed by atoms with van der Waals surface area (Å²) in [5, 5.41) is 2.85. The van der Waals surface area contributed by atoms with Gasteiger partial charge in [-0.25, -0.2) is 4.98 Å². The Labute approximate surface area is 124 Å². The lowest BCUT2D eigenvalue weighted by Crippen LogP contribution is -2.65. The first-order valence-corrected chi connectivity index (χ1v) is 7.14. The van der Waals surface area contributed by atoms with Crippen LogP contribution in [0.25, 0.3) is 0 Å². The fraction of sp³-hybridized carbons (Fsp3) is 0.533. The van der Waals surface area contributed by atoms with Crippen molar-refractivity contribution in [2.24, 2.45) is 0 Å². The number of piperazine rings is 1. The van der Waals surface area contributed by atoms with E-state index in [0.29, 0.717) is 25.3 Å². The highest BCUT2D eigenvalue weighted by atomic mass is 16.5. The smallest absolute Gasteiger partial charge is 0.249 e. The molecule has 0 aromatic carbocycles. The Balaban J connectivity index is 2.22. The molecule has 0 bridgehead atoms. The van der Waals surface area contributed by atoms with Crippen LogP contribution in [0.15, 0.2) is 18.3 Å². The molecule has 1 saturated heterocycles. The van der Waals surface area contributed by atoms with Crippen LogP contribution in [-0.4, -0.2) is 40.9 Å². The molecular weight excluding hydrogens is 270 g/mol. The predicted molar refractivity (Wildman–Crippen MR) is 77.7 cm³/mol. The van der Waals surface area contributed by atoms with Crippen molar-refractivity contribution in [2.45, 2.75) is 38.8 Å². The molecule has 0 radical (unpaired) electrons. The maximum absolute atomic E-state index is 12.7. The van der Waals surface area contributed by atoms with Gasteiger partial charge in [0.25, 0.3) is 0 Å². The molecule has 0 atom stereocenters. The van der Waals surface area contributed by atoms with Gasteiger partial charge < -0.3 is 15.0 Å². The molecule has 0 aliphatic carbocycles. The maximum Gasteiger partial charge on any atom is 0.249 e. The molecule has 6 heteroatoms. The molecule has 1 aromatic rings. The minimum atomic E-state index is -0.771. The van der Waals surface area contributed by atoms with E-state index in [1.54, 1.807) is 24.3 Å². The number of amides is 2. The molecule has 1 aliphatic heterocycles. The molecule has 0 unspecified atom stereocenters. The standard InChI is InChI=1S/C15H21N3O3/c1-4-15(5-2)14(20)18(10-12(19)17-15)9-11-6-7-16-13(8-11)21-3/h6-8H,4-5,9-10H2,1-3H3,(H,17,19). The van der Waals surface area contributed by atoms with Gasteiger partial charge in [0.2, 0.25) is 17.7 Å². The fourth-order valence-electron chi connectivity index (χ4n) is 2.65. The number of methoxy groups -OCH3 is 1. The van der Waals surface area contributed by atoms with E-state index in [4.69, 9.17) is 4.74 Å². The van der Waals surface area contributed by atoms with Gasteiger partial charge in [-0.15, -0.1) is 0 Å². The zero-order chi connectivity index (χ0) is 15.5. The summed E-state index contributed by atoms with van der Waals surface area (Å²) in [5.74, 6) is 0.362. The average molecular weight is 291 g/mol. The molecule has 1 aromatic heterocycles. The highest BCUT2D eigenvalue weighted by molar-refractivity contribution is 5.97. The van der Waals surface area contributed by atoms with Crippen molar-refractivity contribution in [1.29, 1.82) is 0 Å². The number of nitrogens with zero attached hydrogens (tertiary/aromatic N) is 2. The van der Waals surface area contributed by atoms with Crippen LogP contribution in [0.2, 0.25) is 0 Å². The number of rotatable bonds is 5. The van der Waals surface area contributed by atoms with Crippen molar-refractivity contribution in [3.8, 4) is 5.88 Å². The molecule has 2 heterocycles. The third kappa shape index (κ3) is 2.99. The van der Waals surface area contributed by atoms with Crippen LogP contribution in [0.3, 0.4) is 0 Å². The number of carbonyl (C=O) groups excluding carboxylic acids is 2. The van der Waals surface area contributed by atoms with E-state index in [1.165, 1.54) is 0 Å². The summed E-state index contributed by atoms with van der Waals surface area (Å²) in [6.45, 7) is 4.30. The number of aromatic nitrogens is 1. The van der Waals surface area contributed by atoms with E-state index in [9.17, 15) is 9.59 Å². The van der Waals surface area contributed by atoms with Crippen molar-refractivity contribution < 1.29 is 14.3 Å². The van der Waals surface area contributed by atoms with E-state index in [1.807, 2.05) is 19.9 Å². The highest BCUT2D eigenvalue weighted by Crippen LogP contribution is 2.23. The number of pyridine rings is 1. The van der Waals surface area contributed by atoms with Crippen LogP contribution in [0, 0.1) is 0 Å². The van der Waals surface area contributed by atoms with E-state index in [0.717, 1.165) is 5.56 Å². The Morgan fingerprint density at radius 1 is 1.38 bits per heavy atom. The van der Waals surface area contributed by atoms with Gasteiger partial charge in [0.1, 0.15) is 5.54 Å². The second kappa shape index (κ2) is 6.11. The van der Waals surface area contributed by atoms with Gasteiger partial charge in [0.05, 0.1) is 13.7 Å². The van der Waals surface area contributed by atoms with E-state index >= 15 is 0 Å². The zero-order valence-corrected chi connectivity index (χ0v) is 12.7. The summed E-state index contributed by atoms with van der Waals surface area (Å²) in [5.41, 5.74) is 0.123. The molecule has 2 amide bonds. The lowest BCUT2D eigenvalue weighted by atomic mass is 9.89. The van der Waals surface area contributed by atoms with Gasteiger partial charge >= 0.3 is 0 Å². The Bertz CT molecular complexity index is 541. The summed E-state index contributed by atoms with van der Waals surface area (Å²) >= 11 is 0. The van der Waals surface area contributed by atoms with Crippen LogP contribution in [-0.2, 0) is 16.1 Å². The van der Waals surface area contributed by atoms with Crippen LogP contribution in [0.5, 0.6) is 5.88 Å². The number of hydrogen-bond acceptors (Lipinski definition) is 4. The van der Waals surface area contributed by atoms with Crippen LogP contribution in [0.4, 0.5) is 0 Å². The van der Waals surface area contributed by atoms with E-state index in [2.05, 4.69) is 10.3 Å². The monoisotopic (exact) mass is 291 g/mol. The summed E-state index contributed by atoms with van der Waals surface area (Å²) < 4.78 is 5.08. The van der Waals surface area contributed by atoms with Gasteiger partial charge in [0, 0.05) is 18.8 Å². The molecule has 1 N–H and O–H groups in total. The van der Waals surface area contributed by atoms with Crippen LogP contribution in [0.1, 0.15) is 32.3 Å². The fourth-order valence-corrected chi connectivity index (χ4v) is 2.65. The van der Waals surface area contributed by atoms with E-state index in [-0.39, 0.29) is 18.4 Å². The maximum atomic E-state index is 12.7. The van der Waals surface area contributed by atoms with E-state index < -0.39 is 5.54 Å². The molecule has 6 nitrogen and oxygen atoms in total. The third-order valence-electron chi connectivity index (χ3n) is 4.00. The van der Waals surface area contributed by atoms with Gasteiger partial charge in [-0.1, -0.05) is 13.8 Å². The first-order chi connectivity index (χ1) is 10.0. The molecule has 1 fully saturated rings. The van der Waals surface area contributed by atoms with Crippen molar-refractivity contribution in [3.63, 3.8) is 0 Å². The Kier molecular flexibility index (Phi) is 4.45. The molecular formula is C15H21N3O3. The summed E-state index contributed by atoms with van der Waals surface area (Å²) in [6.07, 6.45) is 2.81. The molecule has 114 valence electrons. The number of nitrogens with one attached hydrogen (secondary N) is 1. The highest BCUT2D eigenvalue weighted by Gasteiger charge is 2.43. The predicted octanol–water partition coefficient (Wildman–Crippen LogP) is 1.11.